The van der Waals surface area contributed by atoms with Crippen LogP contribution in [0.4, 0.5) is 0 Å². The molecule has 0 saturated heterocycles. The van der Waals surface area contributed by atoms with Gasteiger partial charge in [-0.1, -0.05) is 81.2 Å². The van der Waals surface area contributed by atoms with Crippen molar-refractivity contribution in [3.63, 3.8) is 0 Å². The van der Waals surface area contributed by atoms with E-state index < -0.39 is 8.07 Å². The minimum absolute atomic E-state index is 0.346. The molecular weight excluding hydrogens is 268 g/mol. The lowest BCUT2D eigenvalue weighted by Gasteiger charge is -2.37. The van der Waals surface area contributed by atoms with Gasteiger partial charge in [0, 0.05) is 11.1 Å². The van der Waals surface area contributed by atoms with Gasteiger partial charge in [0.25, 0.3) is 0 Å². The van der Waals surface area contributed by atoms with Gasteiger partial charge in [0.15, 0.2) is 0 Å². The molecule has 2 aromatic rings. The quantitative estimate of drug-likeness (QED) is 0.523. The van der Waals surface area contributed by atoms with E-state index in [4.69, 9.17) is 0 Å². The lowest BCUT2D eigenvalue weighted by molar-refractivity contribution is 0.729. The van der Waals surface area contributed by atoms with Crippen molar-refractivity contribution in [2.45, 2.75) is 38.9 Å². The van der Waals surface area contributed by atoms with Gasteiger partial charge in [0.05, 0.1) is 8.07 Å². The minimum atomic E-state index is -1.49. The molecule has 0 aliphatic carbocycles. The van der Waals surface area contributed by atoms with Gasteiger partial charge >= 0.3 is 0 Å². The van der Waals surface area contributed by atoms with Crippen molar-refractivity contribution in [1.82, 2.24) is 0 Å². The maximum Gasteiger partial charge on any atom is 0.0859 e. The SMILES string of the molecule is CC(C)(C)[Si](C)(C)c1cccc(C#Cc2ccccc2)c1. The van der Waals surface area contributed by atoms with Gasteiger partial charge in [0.2, 0.25) is 0 Å². The first-order valence-electron chi connectivity index (χ1n) is 7.48. The Balaban J connectivity index is 2.34. The molecule has 0 N–H and O–H groups in total. The molecule has 0 radical (unpaired) electrons. The summed E-state index contributed by atoms with van der Waals surface area (Å²) in [5, 5.41) is 1.83. The summed E-state index contributed by atoms with van der Waals surface area (Å²) in [5.41, 5.74) is 2.18. The summed E-state index contributed by atoms with van der Waals surface area (Å²) < 4.78 is 0. The second-order valence-electron chi connectivity index (χ2n) is 7.07. The first-order chi connectivity index (χ1) is 9.80. The molecule has 0 unspecified atom stereocenters. The summed E-state index contributed by atoms with van der Waals surface area (Å²) in [6, 6.07) is 19.0. The average Bonchev–Trinajstić information content (AvgIpc) is 2.45. The fourth-order valence-corrected chi connectivity index (χ4v) is 3.98. The van der Waals surface area contributed by atoms with E-state index in [-0.39, 0.29) is 0 Å². The van der Waals surface area contributed by atoms with E-state index >= 15 is 0 Å². The van der Waals surface area contributed by atoms with Crippen LogP contribution in [0.3, 0.4) is 0 Å². The average molecular weight is 292 g/mol. The highest BCUT2D eigenvalue weighted by Gasteiger charge is 2.36. The highest BCUT2D eigenvalue weighted by atomic mass is 28.3. The molecule has 0 spiro atoms. The van der Waals surface area contributed by atoms with Crippen molar-refractivity contribution >= 4 is 13.3 Å². The molecule has 2 aromatic carbocycles. The molecular formula is C20H24Si. The van der Waals surface area contributed by atoms with Gasteiger partial charge in [0.1, 0.15) is 0 Å². The smallest absolute Gasteiger partial charge is 0.0650 e. The van der Waals surface area contributed by atoms with Crippen LogP contribution < -0.4 is 5.19 Å². The Morgan fingerprint density at radius 1 is 0.762 bits per heavy atom. The zero-order valence-corrected chi connectivity index (χ0v) is 14.7. The number of benzene rings is 2. The van der Waals surface area contributed by atoms with Crippen LogP contribution in [0.2, 0.25) is 18.1 Å². The van der Waals surface area contributed by atoms with Crippen LogP contribution in [0.25, 0.3) is 0 Å². The van der Waals surface area contributed by atoms with Gasteiger partial charge in [-0.15, -0.1) is 0 Å². The molecule has 0 heterocycles. The molecule has 108 valence electrons. The molecule has 0 amide bonds. The Bertz CT molecular complexity index is 664. The molecule has 0 aliphatic rings. The third kappa shape index (κ3) is 3.65. The van der Waals surface area contributed by atoms with Crippen molar-refractivity contribution in [3.8, 4) is 11.8 Å². The fourth-order valence-electron chi connectivity index (χ4n) is 2.08. The van der Waals surface area contributed by atoms with E-state index in [1.54, 1.807) is 0 Å². The number of rotatable bonds is 1. The summed E-state index contributed by atoms with van der Waals surface area (Å²) >= 11 is 0. The van der Waals surface area contributed by atoms with Gasteiger partial charge < -0.3 is 0 Å². The van der Waals surface area contributed by atoms with Gasteiger partial charge in [-0.05, 0) is 29.3 Å². The van der Waals surface area contributed by atoms with Crippen LogP contribution in [-0.2, 0) is 0 Å². The summed E-state index contributed by atoms with van der Waals surface area (Å²) in [6.07, 6.45) is 0. The predicted molar refractivity (Wildman–Crippen MR) is 95.7 cm³/mol. The molecule has 0 bridgehead atoms. The molecule has 21 heavy (non-hydrogen) atoms. The van der Waals surface area contributed by atoms with E-state index in [2.05, 4.69) is 70.0 Å². The van der Waals surface area contributed by atoms with Crippen LogP contribution >= 0.6 is 0 Å². The van der Waals surface area contributed by atoms with Gasteiger partial charge in [-0.3, -0.25) is 0 Å². The highest BCUT2D eigenvalue weighted by molar-refractivity contribution is 6.92. The molecule has 1 heteroatoms. The van der Waals surface area contributed by atoms with Gasteiger partial charge in [-0.25, -0.2) is 0 Å². The third-order valence-electron chi connectivity index (χ3n) is 4.58. The zero-order chi connectivity index (χ0) is 15.5. The summed E-state index contributed by atoms with van der Waals surface area (Å²) in [4.78, 5) is 0. The normalized spacial score (nSPS) is 11.7. The lowest BCUT2D eigenvalue weighted by atomic mass is 10.2. The standard InChI is InChI=1S/C20H24Si/c1-20(2,3)21(4,5)19-13-9-12-18(16-19)15-14-17-10-7-6-8-11-17/h6-13,16H,1-5H3. The minimum Gasteiger partial charge on any atom is -0.0650 e. The van der Waals surface area contributed by atoms with Crippen molar-refractivity contribution in [2.75, 3.05) is 0 Å². The Labute approximate surface area is 130 Å². The Morgan fingerprint density at radius 3 is 1.95 bits per heavy atom. The lowest BCUT2D eigenvalue weighted by Crippen LogP contribution is -2.49. The summed E-state index contributed by atoms with van der Waals surface area (Å²) in [6.45, 7) is 11.9. The van der Waals surface area contributed by atoms with E-state index in [0.717, 1.165) is 11.1 Å². The van der Waals surface area contributed by atoms with Crippen LogP contribution in [0.1, 0.15) is 31.9 Å². The van der Waals surface area contributed by atoms with Crippen LogP contribution in [0.5, 0.6) is 0 Å². The largest absolute Gasteiger partial charge is 0.0859 e. The first kappa shape index (κ1) is 15.6. The fraction of sp³-hybridized carbons (Fsp3) is 0.300. The maximum atomic E-state index is 3.30. The third-order valence-corrected chi connectivity index (χ3v) is 10.1. The second kappa shape index (κ2) is 5.91. The van der Waals surface area contributed by atoms with E-state index in [9.17, 15) is 0 Å². The zero-order valence-electron chi connectivity index (χ0n) is 13.7. The van der Waals surface area contributed by atoms with Crippen molar-refractivity contribution in [1.29, 1.82) is 0 Å². The molecule has 0 aliphatic heterocycles. The number of hydrogen-bond acceptors (Lipinski definition) is 0. The highest BCUT2D eigenvalue weighted by Crippen LogP contribution is 2.35. The van der Waals surface area contributed by atoms with Gasteiger partial charge in [-0.2, -0.15) is 0 Å². The first-order valence-corrected chi connectivity index (χ1v) is 10.5. The summed E-state index contributed by atoms with van der Waals surface area (Å²) in [7, 11) is -1.49. The van der Waals surface area contributed by atoms with Crippen molar-refractivity contribution in [2.24, 2.45) is 0 Å². The van der Waals surface area contributed by atoms with Crippen LogP contribution in [-0.4, -0.2) is 8.07 Å². The van der Waals surface area contributed by atoms with E-state index in [1.165, 1.54) is 5.19 Å². The second-order valence-corrected chi connectivity index (χ2v) is 12.4. The molecule has 0 fully saturated rings. The Morgan fingerprint density at radius 2 is 1.33 bits per heavy atom. The molecule has 0 saturated carbocycles. The van der Waals surface area contributed by atoms with Crippen molar-refractivity contribution in [3.05, 3.63) is 65.7 Å². The predicted octanol–water partition coefficient (Wildman–Crippen LogP) is 4.80. The van der Waals surface area contributed by atoms with E-state index in [1.807, 2.05) is 30.3 Å². The molecule has 0 aromatic heterocycles. The number of hydrogen-bond donors (Lipinski definition) is 0. The maximum absolute atomic E-state index is 3.30. The Hall–Kier alpha value is -1.78. The van der Waals surface area contributed by atoms with Crippen LogP contribution in [0, 0.1) is 11.8 Å². The topological polar surface area (TPSA) is 0 Å². The molecule has 0 nitrogen and oxygen atoms in total. The monoisotopic (exact) mass is 292 g/mol. The molecule has 0 atom stereocenters. The van der Waals surface area contributed by atoms with Crippen LogP contribution in [0.15, 0.2) is 54.6 Å². The van der Waals surface area contributed by atoms with Crippen molar-refractivity contribution < 1.29 is 0 Å². The molecule has 2 rings (SSSR count). The Kier molecular flexibility index (Phi) is 4.39. The summed E-state index contributed by atoms with van der Waals surface area (Å²) in [5.74, 6) is 6.54. The van der Waals surface area contributed by atoms with E-state index in [0.29, 0.717) is 5.04 Å².